The molecule has 0 bridgehead atoms. The van der Waals surface area contributed by atoms with Crippen LogP contribution >= 0.6 is 0 Å². The number of anilines is 1. The molecule has 2 aromatic rings. The number of morpholine rings is 1. The number of benzene rings is 2. The Kier molecular flexibility index (Phi) is 6.56. The summed E-state index contributed by atoms with van der Waals surface area (Å²) in [6.07, 6.45) is 1.92. The number of amides is 1. The SMILES string of the molecule is CC1CN(C2=CC(C(=O)N(C)C)c3cccc(C(C)Nc4cc(F)cc(F)c4)c3O2)CCO1. The van der Waals surface area contributed by atoms with Crippen molar-refractivity contribution in [2.75, 3.05) is 39.1 Å². The van der Waals surface area contributed by atoms with Gasteiger partial charge in [-0.05, 0) is 32.1 Å². The molecule has 8 heteroatoms. The van der Waals surface area contributed by atoms with E-state index >= 15 is 0 Å². The lowest BCUT2D eigenvalue weighted by molar-refractivity contribution is -0.129. The molecule has 0 aliphatic carbocycles. The quantitative estimate of drug-likeness (QED) is 0.727. The topological polar surface area (TPSA) is 54.0 Å². The predicted molar refractivity (Wildman–Crippen MR) is 122 cm³/mol. The molecule has 33 heavy (non-hydrogen) atoms. The van der Waals surface area contributed by atoms with Gasteiger partial charge in [0, 0.05) is 50.1 Å². The molecule has 1 amide bonds. The summed E-state index contributed by atoms with van der Waals surface area (Å²) < 4.78 is 39.4. The summed E-state index contributed by atoms with van der Waals surface area (Å²) in [6.45, 7) is 5.78. The maximum absolute atomic E-state index is 13.7. The van der Waals surface area contributed by atoms with Crippen molar-refractivity contribution in [3.8, 4) is 5.75 Å². The van der Waals surface area contributed by atoms with Crippen molar-refractivity contribution in [1.29, 1.82) is 0 Å². The van der Waals surface area contributed by atoms with Crippen LogP contribution in [0.15, 0.2) is 48.4 Å². The minimum Gasteiger partial charge on any atom is -0.441 e. The summed E-state index contributed by atoms with van der Waals surface area (Å²) in [5.74, 6) is -0.654. The second-order valence-electron chi connectivity index (χ2n) is 8.73. The van der Waals surface area contributed by atoms with Gasteiger partial charge in [0.1, 0.15) is 17.4 Å². The fraction of sp³-hybridized carbons (Fsp3) is 0.400. The average Bonchev–Trinajstić information content (AvgIpc) is 2.76. The molecule has 176 valence electrons. The van der Waals surface area contributed by atoms with Crippen LogP contribution in [0.3, 0.4) is 0 Å². The van der Waals surface area contributed by atoms with Crippen molar-refractivity contribution in [3.63, 3.8) is 0 Å². The van der Waals surface area contributed by atoms with Gasteiger partial charge in [-0.15, -0.1) is 0 Å². The van der Waals surface area contributed by atoms with Gasteiger partial charge in [0.2, 0.25) is 5.91 Å². The lowest BCUT2D eigenvalue weighted by Gasteiger charge is -2.37. The van der Waals surface area contributed by atoms with Crippen molar-refractivity contribution in [3.05, 3.63) is 71.1 Å². The van der Waals surface area contributed by atoms with Gasteiger partial charge in [0.05, 0.1) is 24.7 Å². The highest BCUT2D eigenvalue weighted by Gasteiger charge is 2.34. The van der Waals surface area contributed by atoms with Crippen LogP contribution in [-0.4, -0.2) is 55.6 Å². The van der Waals surface area contributed by atoms with Gasteiger partial charge < -0.3 is 24.6 Å². The van der Waals surface area contributed by atoms with Gasteiger partial charge in [0.15, 0.2) is 5.88 Å². The summed E-state index contributed by atoms with van der Waals surface area (Å²) in [7, 11) is 3.46. The lowest BCUT2D eigenvalue weighted by Crippen LogP contribution is -2.43. The van der Waals surface area contributed by atoms with Crippen LogP contribution in [0.2, 0.25) is 0 Å². The first-order valence-electron chi connectivity index (χ1n) is 11.1. The Morgan fingerprint density at radius 3 is 2.61 bits per heavy atom. The highest BCUT2D eigenvalue weighted by Crippen LogP contribution is 2.41. The number of nitrogens with zero attached hydrogens (tertiary/aromatic N) is 2. The number of ether oxygens (including phenoxy) is 2. The molecule has 0 saturated carbocycles. The van der Waals surface area contributed by atoms with Gasteiger partial charge in [-0.3, -0.25) is 4.79 Å². The molecular weight excluding hydrogens is 428 g/mol. The highest BCUT2D eigenvalue weighted by molar-refractivity contribution is 5.87. The zero-order chi connectivity index (χ0) is 23.7. The van der Waals surface area contributed by atoms with Gasteiger partial charge in [-0.25, -0.2) is 8.78 Å². The molecule has 0 spiro atoms. The second kappa shape index (κ2) is 9.39. The lowest BCUT2D eigenvalue weighted by atomic mass is 9.91. The predicted octanol–water partition coefficient (Wildman–Crippen LogP) is 4.26. The van der Waals surface area contributed by atoms with E-state index in [1.54, 1.807) is 19.0 Å². The first-order chi connectivity index (χ1) is 15.7. The number of nitrogens with one attached hydrogen (secondary N) is 1. The molecular formula is C25H29F2N3O3. The van der Waals surface area contributed by atoms with E-state index in [0.29, 0.717) is 37.0 Å². The number of fused-ring (bicyclic) bond motifs is 1. The molecule has 2 aliphatic heterocycles. The van der Waals surface area contributed by atoms with Crippen molar-refractivity contribution in [2.24, 2.45) is 0 Å². The number of carbonyl (C=O) groups excluding carboxylic acids is 1. The summed E-state index contributed by atoms with van der Waals surface area (Å²) in [4.78, 5) is 16.7. The molecule has 3 unspecified atom stereocenters. The Labute approximate surface area is 192 Å². The van der Waals surface area contributed by atoms with E-state index in [0.717, 1.165) is 17.2 Å². The largest absolute Gasteiger partial charge is 0.441 e. The number of halogens is 2. The Bertz CT molecular complexity index is 1050. The normalized spacial score (nSPS) is 20.9. The Morgan fingerprint density at radius 1 is 1.21 bits per heavy atom. The molecule has 2 heterocycles. The third kappa shape index (κ3) is 4.95. The van der Waals surface area contributed by atoms with E-state index in [4.69, 9.17) is 9.47 Å². The first-order valence-corrected chi connectivity index (χ1v) is 11.1. The van der Waals surface area contributed by atoms with Crippen LogP contribution in [-0.2, 0) is 9.53 Å². The van der Waals surface area contributed by atoms with Gasteiger partial charge in [0.25, 0.3) is 0 Å². The highest BCUT2D eigenvalue weighted by atomic mass is 19.1. The minimum absolute atomic E-state index is 0.0476. The van der Waals surface area contributed by atoms with E-state index < -0.39 is 17.6 Å². The van der Waals surface area contributed by atoms with Crippen LogP contribution in [0.4, 0.5) is 14.5 Å². The molecule has 3 atom stereocenters. The van der Waals surface area contributed by atoms with Crippen LogP contribution in [0, 0.1) is 11.6 Å². The van der Waals surface area contributed by atoms with E-state index in [-0.39, 0.29) is 18.1 Å². The van der Waals surface area contributed by atoms with Crippen LogP contribution < -0.4 is 10.1 Å². The zero-order valence-corrected chi connectivity index (χ0v) is 19.3. The number of hydrogen-bond donors (Lipinski definition) is 1. The Hall–Kier alpha value is -3.13. The molecule has 0 aromatic heterocycles. The second-order valence-corrected chi connectivity index (χ2v) is 8.73. The molecule has 1 N–H and O–H groups in total. The maximum Gasteiger partial charge on any atom is 0.233 e. The van der Waals surface area contributed by atoms with Crippen molar-refractivity contribution in [1.82, 2.24) is 9.80 Å². The van der Waals surface area contributed by atoms with Crippen molar-refractivity contribution in [2.45, 2.75) is 31.9 Å². The monoisotopic (exact) mass is 457 g/mol. The smallest absolute Gasteiger partial charge is 0.233 e. The van der Waals surface area contributed by atoms with Crippen LogP contribution in [0.5, 0.6) is 5.75 Å². The van der Waals surface area contributed by atoms with Crippen LogP contribution in [0.1, 0.15) is 36.9 Å². The molecule has 2 aromatic carbocycles. The molecule has 4 rings (SSSR count). The van der Waals surface area contributed by atoms with E-state index in [1.165, 1.54) is 12.1 Å². The zero-order valence-electron chi connectivity index (χ0n) is 19.3. The summed E-state index contributed by atoms with van der Waals surface area (Å²) in [6, 6.07) is 8.64. The van der Waals surface area contributed by atoms with Gasteiger partial charge >= 0.3 is 0 Å². The Morgan fingerprint density at radius 2 is 1.94 bits per heavy atom. The Balaban J connectivity index is 1.70. The fourth-order valence-corrected chi connectivity index (χ4v) is 4.28. The number of rotatable bonds is 5. The molecule has 1 saturated heterocycles. The first kappa shape index (κ1) is 23.0. The number of para-hydroxylation sites is 1. The maximum atomic E-state index is 13.7. The average molecular weight is 458 g/mol. The summed E-state index contributed by atoms with van der Waals surface area (Å²) in [5, 5.41) is 3.15. The standard InChI is InChI=1S/C25H29F2N3O3/c1-15-14-30(8-9-32-15)23-13-22(25(31)29(3)4)21-7-5-6-20(24(21)33-23)16(2)28-19-11-17(26)10-18(27)12-19/h5-7,10-13,15-16,22,28H,8-9,14H2,1-4H3. The number of likely N-dealkylation sites (N-methyl/N-ethyl adjacent to an activating group) is 1. The third-order valence-electron chi connectivity index (χ3n) is 5.90. The van der Waals surface area contributed by atoms with E-state index in [9.17, 15) is 13.6 Å². The van der Waals surface area contributed by atoms with E-state index in [1.807, 2.05) is 38.1 Å². The van der Waals surface area contributed by atoms with Gasteiger partial charge in [-0.2, -0.15) is 0 Å². The number of hydrogen-bond acceptors (Lipinski definition) is 5. The summed E-state index contributed by atoms with van der Waals surface area (Å²) >= 11 is 0. The number of carbonyl (C=O) groups is 1. The third-order valence-corrected chi connectivity index (χ3v) is 5.90. The van der Waals surface area contributed by atoms with Crippen molar-refractivity contribution >= 4 is 11.6 Å². The van der Waals surface area contributed by atoms with Crippen LogP contribution in [0.25, 0.3) is 0 Å². The minimum atomic E-state index is -0.653. The molecule has 2 aliphatic rings. The van der Waals surface area contributed by atoms with Gasteiger partial charge in [-0.1, -0.05) is 18.2 Å². The molecule has 1 fully saturated rings. The molecule has 6 nitrogen and oxygen atoms in total. The van der Waals surface area contributed by atoms with E-state index in [2.05, 4.69) is 10.2 Å². The fourth-order valence-electron chi connectivity index (χ4n) is 4.28. The summed E-state index contributed by atoms with van der Waals surface area (Å²) in [5.41, 5.74) is 1.88. The van der Waals surface area contributed by atoms with Crippen molar-refractivity contribution < 1.29 is 23.0 Å². The molecule has 0 radical (unpaired) electrons.